The molecule has 98 heavy (non-hydrogen) atoms. The van der Waals surface area contributed by atoms with Gasteiger partial charge in [-0.15, -0.1) is 0 Å². The Morgan fingerprint density at radius 3 is 2.00 bits per heavy atom. The molecule has 0 bridgehead atoms. The lowest BCUT2D eigenvalue weighted by Gasteiger charge is -2.36. The number of hydrogen-bond donors (Lipinski definition) is 11. The fourth-order valence-corrected chi connectivity index (χ4v) is 13.6. The van der Waals surface area contributed by atoms with Crippen LogP contribution >= 0.6 is 12.2 Å². The second-order valence-corrected chi connectivity index (χ2v) is 25.6. The zero-order valence-corrected chi connectivity index (χ0v) is 55.1. The number of nitrogens with two attached hydrogens (primary N) is 1. The number of thiocarbonyl (C=S) groups is 1. The summed E-state index contributed by atoms with van der Waals surface area (Å²) in [5.41, 5.74) is 8.85. The van der Waals surface area contributed by atoms with Crippen LogP contribution in [0.3, 0.4) is 0 Å². The first-order chi connectivity index (χ1) is 47.3. The summed E-state index contributed by atoms with van der Waals surface area (Å²) in [4.78, 5) is 133. The number of benzene rings is 6. The molecule has 25 heteroatoms. The molecule has 510 valence electrons. The second kappa shape index (κ2) is 30.5. The van der Waals surface area contributed by atoms with Crippen molar-refractivity contribution in [3.8, 4) is 23.0 Å². The molecule has 7 aromatic rings. The number of unbranched alkanes of at least 4 members (excludes halogenated alkanes) is 2. The van der Waals surface area contributed by atoms with Crippen LogP contribution in [0.25, 0.3) is 10.9 Å². The normalized spacial score (nSPS) is 17.1. The molecule has 2 fully saturated rings. The summed E-state index contributed by atoms with van der Waals surface area (Å²) in [5, 5.41) is 42.1. The van der Waals surface area contributed by atoms with E-state index in [2.05, 4.69) is 42.2 Å². The maximum atomic E-state index is 15.1. The Morgan fingerprint density at radius 2 is 1.30 bits per heavy atom. The number of nitrogens with one attached hydrogen (secondary N) is 8. The number of hydrogen-bond acceptors (Lipinski definition) is 14. The molecular formula is C73H79N11O13S. The molecule has 2 saturated heterocycles. The molecule has 11 rings (SSSR count). The van der Waals surface area contributed by atoms with E-state index in [0.717, 1.165) is 17.3 Å². The number of aromatic nitrogens is 1. The van der Waals surface area contributed by atoms with Crippen molar-refractivity contribution in [3.05, 3.63) is 185 Å². The van der Waals surface area contributed by atoms with Gasteiger partial charge in [0.05, 0.1) is 5.56 Å². The van der Waals surface area contributed by atoms with Crippen LogP contribution in [0, 0.1) is 0 Å². The molecule has 4 aliphatic rings. The average molecular weight is 1350 g/mol. The third-order valence-electron chi connectivity index (χ3n) is 18.4. The molecule has 1 aromatic heterocycles. The molecule has 24 nitrogen and oxygen atoms in total. The molecule has 7 atom stereocenters. The van der Waals surface area contributed by atoms with Gasteiger partial charge in [-0.3, -0.25) is 38.4 Å². The fourth-order valence-electron chi connectivity index (χ4n) is 13.4. The predicted molar refractivity (Wildman–Crippen MR) is 368 cm³/mol. The van der Waals surface area contributed by atoms with E-state index in [1.165, 1.54) is 41.0 Å². The van der Waals surface area contributed by atoms with Crippen LogP contribution in [0.15, 0.2) is 146 Å². The summed E-state index contributed by atoms with van der Waals surface area (Å²) in [6.45, 7) is 4.19. The number of fused-ring (bicyclic) bond motifs is 7. The Kier molecular flexibility index (Phi) is 21.3. The van der Waals surface area contributed by atoms with Gasteiger partial charge in [0.2, 0.25) is 41.4 Å². The zero-order chi connectivity index (χ0) is 69.2. The molecular weight excluding hydrogens is 1270 g/mol. The largest absolute Gasteiger partial charge is 0.508 e. The van der Waals surface area contributed by atoms with Gasteiger partial charge in [0.25, 0.3) is 5.91 Å². The number of nitrogens with zero attached hydrogens (tertiary/aromatic N) is 2. The van der Waals surface area contributed by atoms with Crippen molar-refractivity contribution >= 4 is 87.1 Å². The van der Waals surface area contributed by atoms with Crippen LogP contribution in [-0.2, 0) is 56.7 Å². The number of phenolic OH excluding ortho intramolecular Hbond substituents is 2. The van der Waals surface area contributed by atoms with Gasteiger partial charge in [-0.1, -0.05) is 92.6 Å². The fraction of sp³-hybridized carbons (Fsp3) is 0.342. The monoisotopic (exact) mass is 1350 g/mol. The number of para-hydroxylation sites is 1. The summed E-state index contributed by atoms with van der Waals surface area (Å²) in [6, 6.07) is 31.2. The summed E-state index contributed by atoms with van der Waals surface area (Å²) in [5.74, 6) is -5.04. The quantitative estimate of drug-likeness (QED) is 0.0156. The Hall–Kier alpha value is -10.8. The van der Waals surface area contributed by atoms with Crippen molar-refractivity contribution in [2.75, 3.05) is 25.0 Å². The van der Waals surface area contributed by atoms with Gasteiger partial charge in [-0.2, -0.15) is 0 Å². The first-order valence-electron chi connectivity index (χ1n) is 33.1. The minimum Gasteiger partial charge on any atom is -0.508 e. The molecule has 0 saturated carbocycles. The van der Waals surface area contributed by atoms with E-state index in [4.69, 9.17) is 27.4 Å². The molecule has 0 radical (unpaired) electrons. The van der Waals surface area contributed by atoms with Crippen LogP contribution in [0.1, 0.15) is 127 Å². The molecule has 4 aliphatic heterocycles. The van der Waals surface area contributed by atoms with Crippen LogP contribution in [0.2, 0.25) is 0 Å². The Labute approximate surface area is 571 Å². The van der Waals surface area contributed by atoms with Crippen LogP contribution in [-0.4, -0.2) is 145 Å². The number of carbonyl (C=O) groups is 9. The number of phenols is 2. The van der Waals surface area contributed by atoms with Gasteiger partial charge in [0.1, 0.15) is 65.3 Å². The maximum absolute atomic E-state index is 15.1. The lowest BCUT2D eigenvalue weighted by molar-refractivity contribution is -0.148. The number of esters is 1. The van der Waals surface area contributed by atoms with Crippen LogP contribution in [0.5, 0.6) is 23.0 Å². The van der Waals surface area contributed by atoms with E-state index in [1.54, 1.807) is 79.0 Å². The minimum atomic E-state index is -1.45. The van der Waals surface area contributed by atoms with Crippen LogP contribution in [0.4, 0.5) is 5.69 Å². The highest BCUT2D eigenvalue weighted by Crippen LogP contribution is 2.57. The van der Waals surface area contributed by atoms with Crippen molar-refractivity contribution in [1.82, 2.24) is 46.7 Å². The summed E-state index contributed by atoms with van der Waals surface area (Å²) in [6.07, 6.45) is 6.13. The number of likely N-dealkylation sites (tertiary alicyclic amines) is 2. The number of amides is 8. The van der Waals surface area contributed by atoms with E-state index in [1.807, 2.05) is 49.4 Å². The number of rotatable bonds is 26. The van der Waals surface area contributed by atoms with Gasteiger partial charge in [0.15, 0.2) is 10.7 Å². The Balaban J connectivity index is 0.750. The first kappa shape index (κ1) is 68.6. The zero-order valence-electron chi connectivity index (χ0n) is 54.3. The number of carbonyl (C=O) groups excluding carboxylic acids is 9. The summed E-state index contributed by atoms with van der Waals surface area (Å²) < 4.78 is 12.3. The van der Waals surface area contributed by atoms with Gasteiger partial charge in [0, 0.05) is 89.6 Å². The Morgan fingerprint density at radius 1 is 0.663 bits per heavy atom. The third kappa shape index (κ3) is 15.2. The molecule has 8 amide bonds. The van der Waals surface area contributed by atoms with E-state index < -0.39 is 101 Å². The van der Waals surface area contributed by atoms with Gasteiger partial charge < -0.3 is 77.4 Å². The standard InChI is InChI=1S/C73H79N11O13S/c1-3-4-22-55(63(74)87)79-68(92)59-25-15-34-83(59)70(94)60-26-16-35-84(60)69(93)58(36-43-17-7-5-8-18-43)82-67(91)57(37-45-41-76-54-23-12-11-21-49(45)54)81-64(88)42(2)77-66(90)56(80-65(89)44-19-9-6-10-20-44)24-13-14-33-75-72(98)78-46-27-30-51-50(38-46)71(95)97-73(51)52-31-28-47(85)39-61(52)96-62-40-48(86)29-32-53(62)73/h5-12,17-21,23,27-32,38-42,55-60,76,85-86H,3-4,13-16,22,24-26,33-37H2,1-2H3,(H2,74,87)(H,77,90)(H,79,92)(H,80,89)(H,81,88)(H,82,91)(H2,75,78,98)/t42-,55-,56-,57+,58-,59-,60+/m0/s1. The summed E-state index contributed by atoms with van der Waals surface area (Å²) >= 11 is 5.67. The highest BCUT2D eigenvalue weighted by atomic mass is 32.1. The van der Waals surface area contributed by atoms with Crippen molar-refractivity contribution in [2.24, 2.45) is 5.73 Å². The van der Waals surface area contributed by atoms with E-state index >= 15 is 9.59 Å². The lowest BCUT2D eigenvalue weighted by Crippen LogP contribution is -2.60. The number of aromatic hydroxyl groups is 2. The Bertz CT molecular complexity index is 4140. The van der Waals surface area contributed by atoms with Crippen LogP contribution < -0.4 is 47.7 Å². The van der Waals surface area contributed by atoms with Gasteiger partial charge in [-0.25, -0.2) is 4.79 Å². The molecule has 6 aromatic carbocycles. The van der Waals surface area contributed by atoms with E-state index in [9.17, 15) is 43.8 Å². The SMILES string of the molecule is CCCC[C@H](NC(=O)[C@@H]1CCCN1C(=O)[C@H]1CCCN1C(=O)[C@H](Cc1ccccc1)NC(=O)[C@@H](Cc1c[nH]c2ccccc12)NC(=O)[C@H](C)NC(=O)[C@H](CCCCNC(=S)Nc1ccc2c(c1)C(=O)OC21c2ccc(O)cc2Oc2cc(O)ccc21)NC(=O)c1ccccc1)C(N)=O. The van der Waals surface area contributed by atoms with Crippen molar-refractivity contribution in [3.63, 3.8) is 0 Å². The number of ether oxygens (including phenoxy) is 2. The van der Waals surface area contributed by atoms with Crippen molar-refractivity contribution < 1.29 is 62.8 Å². The topological polar surface area (TPSA) is 345 Å². The first-order valence-corrected chi connectivity index (χ1v) is 33.5. The molecule has 12 N–H and O–H groups in total. The van der Waals surface area contributed by atoms with Gasteiger partial charge >= 0.3 is 5.97 Å². The van der Waals surface area contributed by atoms with Gasteiger partial charge in [-0.05, 0) is 136 Å². The third-order valence-corrected chi connectivity index (χ3v) is 18.7. The smallest absolute Gasteiger partial charge is 0.340 e. The molecule has 0 aliphatic carbocycles. The van der Waals surface area contributed by atoms with E-state index in [0.29, 0.717) is 97.0 Å². The number of H-pyrrole nitrogens is 1. The highest BCUT2D eigenvalue weighted by Gasteiger charge is 2.54. The second-order valence-electron chi connectivity index (χ2n) is 25.2. The van der Waals surface area contributed by atoms with E-state index in [-0.39, 0.29) is 66.0 Å². The molecule has 0 unspecified atom stereocenters. The molecule has 5 heterocycles. The highest BCUT2D eigenvalue weighted by molar-refractivity contribution is 7.80. The lowest BCUT2D eigenvalue weighted by atomic mass is 9.77. The predicted octanol–water partition coefficient (Wildman–Crippen LogP) is 6.50. The van der Waals surface area contributed by atoms with Crippen molar-refractivity contribution in [2.45, 2.75) is 139 Å². The number of primary amides is 1. The summed E-state index contributed by atoms with van der Waals surface area (Å²) in [7, 11) is 0. The maximum Gasteiger partial charge on any atom is 0.340 e. The number of aromatic amines is 1. The van der Waals surface area contributed by atoms with Crippen molar-refractivity contribution in [1.29, 1.82) is 0 Å². The average Bonchev–Trinajstić information content (AvgIpc) is 1.62. The number of anilines is 1. The molecule has 1 spiro atoms. The minimum absolute atomic E-state index is 0.0159.